The van der Waals surface area contributed by atoms with Crippen LogP contribution in [0.1, 0.15) is 29.5 Å². The zero-order valence-electron chi connectivity index (χ0n) is 11.8. The fourth-order valence-electron chi connectivity index (χ4n) is 2.27. The second kappa shape index (κ2) is 6.76. The molecular formula is C17H18F3N. The van der Waals surface area contributed by atoms with Gasteiger partial charge in [-0.25, -0.2) is 0 Å². The number of halogens is 3. The lowest BCUT2D eigenvalue weighted by Crippen LogP contribution is -2.21. The molecule has 0 heterocycles. The van der Waals surface area contributed by atoms with Gasteiger partial charge in [-0.3, -0.25) is 0 Å². The predicted octanol–water partition coefficient (Wildman–Crippen LogP) is 4.60. The van der Waals surface area contributed by atoms with Gasteiger partial charge in [0.05, 0.1) is 5.56 Å². The fraction of sp³-hybridized carbons (Fsp3) is 0.294. The quantitative estimate of drug-likeness (QED) is 0.849. The largest absolute Gasteiger partial charge is 0.416 e. The molecule has 2 aromatic carbocycles. The number of alkyl halides is 3. The molecule has 1 nitrogen and oxygen atoms in total. The van der Waals surface area contributed by atoms with Gasteiger partial charge in [0.2, 0.25) is 0 Å². The zero-order valence-corrected chi connectivity index (χ0v) is 11.8. The molecule has 2 aromatic rings. The van der Waals surface area contributed by atoms with Crippen LogP contribution in [0.3, 0.4) is 0 Å². The monoisotopic (exact) mass is 293 g/mol. The molecule has 4 heteroatoms. The van der Waals surface area contributed by atoms with E-state index in [0.717, 1.165) is 6.07 Å². The zero-order chi connectivity index (χ0) is 15.3. The van der Waals surface area contributed by atoms with Crippen molar-refractivity contribution < 1.29 is 13.2 Å². The molecule has 1 unspecified atom stereocenters. The van der Waals surface area contributed by atoms with E-state index in [1.807, 2.05) is 30.3 Å². The van der Waals surface area contributed by atoms with Crippen LogP contribution >= 0.6 is 0 Å². The van der Waals surface area contributed by atoms with Gasteiger partial charge in [0.25, 0.3) is 0 Å². The summed E-state index contributed by atoms with van der Waals surface area (Å²) in [4.78, 5) is 0. The summed E-state index contributed by atoms with van der Waals surface area (Å²) in [7, 11) is 0. The summed E-state index contributed by atoms with van der Waals surface area (Å²) >= 11 is 0. The van der Waals surface area contributed by atoms with Crippen LogP contribution in [0.5, 0.6) is 0 Å². The molecule has 112 valence electrons. The summed E-state index contributed by atoms with van der Waals surface area (Å²) in [6.07, 6.45) is -4.30. The number of hydrogen-bond acceptors (Lipinski definition) is 1. The average molecular weight is 293 g/mol. The molecule has 0 fully saturated rings. The first-order valence-corrected chi connectivity index (χ1v) is 6.89. The van der Waals surface area contributed by atoms with Gasteiger partial charge in [0, 0.05) is 13.1 Å². The molecule has 0 bridgehead atoms. The first-order chi connectivity index (χ1) is 9.98. The van der Waals surface area contributed by atoms with Crippen LogP contribution in [0, 0.1) is 0 Å². The number of rotatable bonds is 5. The van der Waals surface area contributed by atoms with Gasteiger partial charge in [0.15, 0.2) is 0 Å². The van der Waals surface area contributed by atoms with Gasteiger partial charge >= 0.3 is 6.18 Å². The molecule has 0 aliphatic carbocycles. The summed E-state index contributed by atoms with van der Waals surface area (Å²) in [5, 5.41) is 3.11. The van der Waals surface area contributed by atoms with E-state index in [1.54, 1.807) is 6.07 Å². The van der Waals surface area contributed by atoms with Crippen LogP contribution in [-0.4, -0.2) is 6.54 Å². The SMILES string of the molecule is CC(CNCc1ccccc1C(F)(F)F)c1ccccc1. The Labute approximate surface area is 122 Å². The van der Waals surface area contributed by atoms with Crippen molar-refractivity contribution in [3.05, 3.63) is 71.3 Å². The predicted molar refractivity (Wildman–Crippen MR) is 78.0 cm³/mol. The van der Waals surface area contributed by atoms with Gasteiger partial charge in [-0.2, -0.15) is 13.2 Å². The van der Waals surface area contributed by atoms with Crippen LogP contribution in [0.25, 0.3) is 0 Å². The molecule has 0 spiro atoms. The molecule has 1 N–H and O–H groups in total. The molecule has 0 radical (unpaired) electrons. The van der Waals surface area contributed by atoms with E-state index in [1.165, 1.54) is 17.7 Å². The average Bonchev–Trinajstić information content (AvgIpc) is 2.47. The van der Waals surface area contributed by atoms with Crippen molar-refractivity contribution in [2.75, 3.05) is 6.54 Å². The number of benzene rings is 2. The van der Waals surface area contributed by atoms with Crippen LogP contribution in [-0.2, 0) is 12.7 Å². The van der Waals surface area contributed by atoms with E-state index in [-0.39, 0.29) is 18.0 Å². The van der Waals surface area contributed by atoms with Gasteiger partial charge in [-0.05, 0) is 23.1 Å². The third-order valence-corrected chi connectivity index (χ3v) is 3.46. The highest BCUT2D eigenvalue weighted by molar-refractivity contribution is 5.29. The summed E-state index contributed by atoms with van der Waals surface area (Å²) in [6.45, 7) is 2.90. The van der Waals surface area contributed by atoms with Crippen molar-refractivity contribution in [1.82, 2.24) is 5.32 Å². The Morgan fingerprint density at radius 1 is 0.952 bits per heavy atom. The highest BCUT2D eigenvalue weighted by Crippen LogP contribution is 2.31. The molecule has 2 rings (SSSR count). The lowest BCUT2D eigenvalue weighted by molar-refractivity contribution is -0.138. The highest BCUT2D eigenvalue weighted by Gasteiger charge is 2.32. The smallest absolute Gasteiger partial charge is 0.312 e. The Balaban J connectivity index is 1.95. The molecule has 0 saturated heterocycles. The third-order valence-electron chi connectivity index (χ3n) is 3.46. The maximum absolute atomic E-state index is 12.9. The van der Waals surface area contributed by atoms with Gasteiger partial charge in [-0.15, -0.1) is 0 Å². The van der Waals surface area contributed by atoms with Crippen molar-refractivity contribution >= 4 is 0 Å². The second-order valence-corrected chi connectivity index (χ2v) is 5.10. The molecular weight excluding hydrogens is 275 g/mol. The van der Waals surface area contributed by atoms with Crippen molar-refractivity contribution in [2.24, 2.45) is 0 Å². The Kier molecular flexibility index (Phi) is 5.02. The van der Waals surface area contributed by atoms with E-state index in [0.29, 0.717) is 6.54 Å². The lowest BCUT2D eigenvalue weighted by Gasteiger charge is -2.16. The fourth-order valence-corrected chi connectivity index (χ4v) is 2.27. The Bertz CT molecular complexity index is 564. The van der Waals surface area contributed by atoms with Gasteiger partial charge in [-0.1, -0.05) is 55.5 Å². The van der Waals surface area contributed by atoms with Crippen molar-refractivity contribution in [3.8, 4) is 0 Å². The van der Waals surface area contributed by atoms with E-state index < -0.39 is 11.7 Å². The van der Waals surface area contributed by atoms with Crippen LogP contribution in [0.2, 0.25) is 0 Å². The van der Waals surface area contributed by atoms with Gasteiger partial charge in [0.1, 0.15) is 0 Å². The van der Waals surface area contributed by atoms with Crippen LogP contribution in [0.15, 0.2) is 54.6 Å². The molecule has 0 aromatic heterocycles. The summed E-state index contributed by atoms with van der Waals surface area (Å²) in [5.74, 6) is 0.254. The Morgan fingerprint density at radius 2 is 1.57 bits per heavy atom. The number of nitrogens with one attached hydrogen (secondary N) is 1. The van der Waals surface area contributed by atoms with E-state index in [9.17, 15) is 13.2 Å². The van der Waals surface area contributed by atoms with Crippen LogP contribution in [0.4, 0.5) is 13.2 Å². The summed E-state index contributed by atoms with van der Waals surface area (Å²) in [5.41, 5.74) is 0.893. The van der Waals surface area contributed by atoms with E-state index >= 15 is 0 Å². The minimum absolute atomic E-state index is 0.215. The molecule has 0 aliphatic rings. The molecule has 0 amide bonds. The minimum Gasteiger partial charge on any atom is -0.312 e. The normalized spacial score (nSPS) is 13.1. The van der Waals surface area contributed by atoms with Crippen molar-refractivity contribution in [2.45, 2.75) is 25.6 Å². The van der Waals surface area contributed by atoms with E-state index in [2.05, 4.69) is 12.2 Å². The van der Waals surface area contributed by atoms with Crippen molar-refractivity contribution in [3.63, 3.8) is 0 Å². The molecule has 0 saturated carbocycles. The number of hydrogen-bond donors (Lipinski definition) is 1. The Hall–Kier alpha value is -1.81. The maximum atomic E-state index is 12.9. The lowest BCUT2D eigenvalue weighted by atomic mass is 10.0. The summed E-state index contributed by atoms with van der Waals surface area (Å²) in [6, 6.07) is 15.6. The van der Waals surface area contributed by atoms with Crippen LogP contribution < -0.4 is 5.32 Å². The maximum Gasteiger partial charge on any atom is 0.416 e. The summed E-state index contributed by atoms with van der Waals surface area (Å²) < 4.78 is 38.6. The first-order valence-electron chi connectivity index (χ1n) is 6.89. The standard InChI is InChI=1S/C17H18F3N/c1-13(14-7-3-2-4-8-14)11-21-12-15-9-5-6-10-16(15)17(18,19)20/h2-10,13,21H,11-12H2,1H3. The van der Waals surface area contributed by atoms with Crippen molar-refractivity contribution in [1.29, 1.82) is 0 Å². The first kappa shape index (κ1) is 15.6. The second-order valence-electron chi connectivity index (χ2n) is 5.10. The Morgan fingerprint density at radius 3 is 2.24 bits per heavy atom. The molecule has 21 heavy (non-hydrogen) atoms. The third kappa shape index (κ3) is 4.33. The van der Waals surface area contributed by atoms with Gasteiger partial charge < -0.3 is 5.32 Å². The van der Waals surface area contributed by atoms with E-state index in [4.69, 9.17) is 0 Å². The molecule has 0 aliphatic heterocycles. The topological polar surface area (TPSA) is 12.0 Å². The highest BCUT2D eigenvalue weighted by atomic mass is 19.4. The minimum atomic E-state index is -4.30. The molecule has 1 atom stereocenters.